The molecule has 2 aromatic rings. The Kier molecular flexibility index (Phi) is 2.48. The number of rotatable bonds is 2. The summed E-state index contributed by atoms with van der Waals surface area (Å²) >= 11 is 0. The van der Waals surface area contributed by atoms with Gasteiger partial charge in [0.25, 0.3) is 5.69 Å². The number of fused-ring (bicyclic) bond motifs is 1. The van der Waals surface area contributed by atoms with Gasteiger partial charge >= 0.3 is 0 Å². The van der Waals surface area contributed by atoms with Gasteiger partial charge in [0.1, 0.15) is 5.82 Å². The van der Waals surface area contributed by atoms with E-state index >= 15 is 0 Å². The molecule has 0 bridgehead atoms. The summed E-state index contributed by atoms with van der Waals surface area (Å²) in [5.41, 5.74) is 6.98. The number of hydrogen-bond acceptors (Lipinski definition) is 4. The zero-order valence-electron chi connectivity index (χ0n) is 9.97. The van der Waals surface area contributed by atoms with Crippen molar-refractivity contribution in [2.24, 2.45) is 0 Å². The molecule has 1 heterocycles. The van der Waals surface area contributed by atoms with Crippen LogP contribution in [0.4, 0.5) is 15.9 Å². The van der Waals surface area contributed by atoms with Crippen LogP contribution in [0.3, 0.4) is 0 Å². The molecule has 0 radical (unpaired) electrons. The summed E-state index contributed by atoms with van der Waals surface area (Å²) in [5.74, 6) is -0.351. The monoisotopic (exact) mass is 262 g/mol. The molecule has 1 aromatic heterocycles. The minimum atomic E-state index is -0.675. The van der Waals surface area contributed by atoms with E-state index < -0.39 is 10.7 Å². The lowest BCUT2D eigenvalue weighted by Crippen LogP contribution is -2.07. The molecule has 0 unspecified atom stereocenters. The third kappa shape index (κ3) is 1.66. The van der Waals surface area contributed by atoms with Crippen molar-refractivity contribution in [1.29, 1.82) is 0 Å². The molecule has 0 spiro atoms. The topological polar surface area (TPSA) is 87.0 Å². The fourth-order valence-electron chi connectivity index (χ4n) is 2.51. The number of nitro benzene ring substituents is 1. The number of halogens is 1. The fraction of sp³-hybridized carbons (Fsp3) is 0.250. The minimum Gasteiger partial charge on any atom is -0.382 e. The first-order valence-electron chi connectivity index (χ1n) is 5.89. The summed E-state index contributed by atoms with van der Waals surface area (Å²) in [6.07, 6.45) is 2.38. The van der Waals surface area contributed by atoms with E-state index in [4.69, 9.17) is 5.73 Å². The molecular weight excluding hydrogens is 251 g/mol. The fourth-order valence-corrected chi connectivity index (χ4v) is 2.51. The van der Waals surface area contributed by atoms with Gasteiger partial charge in [-0.15, -0.1) is 5.10 Å². The number of nitro groups is 1. The highest BCUT2D eigenvalue weighted by Gasteiger charge is 2.27. The number of aromatic nitrogens is 2. The predicted molar refractivity (Wildman–Crippen MR) is 66.6 cm³/mol. The highest BCUT2D eigenvalue weighted by Crippen LogP contribution is 2.33. The molecule has 0 atom stereocenters. The summed E-state index contributed by atoms with van der Waals surface area (Å²) in [4.78, 5) is 10.4. The van der Waals surface area contributed by atoms with Crippen molar-refractivity contribution >= 4 is 11.5 Å². The van der Waals surface area contributed by atoms with Gasteiger partial charge in [0.2, 0.25) is 0 Å². The molecule has 1 aromatic carbocycles. The Labute approximate surface area is 107 Å². The largest absolute Gasteiger partial charge is 0.382 e. The van der Waals surface area contributed by atoms with Crippen molar-refractivity contribution in [2.45, 2.75) is 19.3 Å². The first kappa shape index (κ1) is 11.6. The van der Waals surface area contributed by atoms with Gasteiger partial charge in [-0.3, -0.25) is 10.1 Å². The van der Waals surface area contributed by atoms with E-state index in [-0.39, 0.29) is 11.4 Å². The maximum absolute atomic E-state index is 14.0. The lowest BCUT2D eigenvalue weighted by Gasteiger charge is -2.07. The summed E-state index contributed by atoms with van der Waals surface area (Å²) in [6.45, 7) is 0. The van der Waals surface area contributed by atoms with Crippen molar-refractivity contribution in [2.75, 3.05) is 5.73 Å². The molecule has 0 fully saturated rings. The van der Waals surface area contributed by atoms with Crippen molar-refractivity contribution in [3.63, 3.8) is 0 Å². The van der Waals surface area contributed by atoms with E-state index in [1.807, 2.05) is 0 Å². The van der Waals surface area contributed by atoms with Gasteiger partial charge in [0, 0.05) is 11.6 Å². The van der Waals surface area contributed by atoms with E-state index in [1.165, 1.54) is 22.9 Å². The summed E-state index contributed by atoms with van der Waals surface area (Å²) in [7, 11) is 0. The quantitative estimate of drug-likeness (QED) is 0.662. The standard InChI is InChI=1S/C12H11FN4O2/c13-8-4-2-6-10(17(18)19)11(8)16-9-5-1-3-7(9)12(14)15-16/h2,4,6H,1,3,5H2,(H2,14,15). The van der Waals surface area contributed by atoms with Gasteiger partial charge in [-0.05, 0) is 25.3 Å². The van der Waals surface area contributed by atoms with E-state index in [0.29, 0.717) is 12.2 Å². The first-order chi connectivity index (χ1) is 9.09. The van der Waals surface area contributed by atoms with Crippen LogP contribution in [0.15, 0.2) is 18.2 Å². The number of benzene rings is 1. The summed E-state index contributed by atoms with van der Waals surface area (Å²) in [6, 6.07) is 3.75. The minimum absolute atomic E-state index is 0.137. The van der Waals surface area contributed by atoms with Crippen molar-refractivity contribution < 1.29 is 9.31 Å². The maximum Gasteiger partial charge on any atom is 0.297 e. The zero-order valence-corrected chi connectivity index (χ0v) is 9.97. The Hall–Kier alpha value is -2.44. The molecule has 0 saturated heterocycles. The second-order valence-corrected chi connectivity index (χ2v) is 4.44. The average molecular weight is 262 g/mol. The van der Waals surface area contributed by atoms with Crippen LogP contribution in [0.25, 0.3) is 5.69 Å². The van der Waals surface area contributed by atoms with Gasteiger partial charge in [0.05, 0.1) is 10.6 Å². The van der Waals surface area contributed by atoms with E-state index in [2.05, 4.69) is 5.10 Å². The number of hydrogen-bond donors (Lipinski definition) is 1. The molecule has 1 aliphatic rings. The summed E-state index contributed by atoms with van der Waals surface area (Å²) < 4.78 is 15.3. The zero-order chi connectivity index (χ0) is 13.6. The Morgan fingerprint density at radius 1 is 1.42 bits per heavy atom. The van der Waals surface area contributed by atoms with Crippen LogP contribution >= 0.6 is 0 Å². The molecule has 19 heavy (non-hydrogen) atoms. The lowest BCUT2D eigenvalue weighted by atomic mass is 10.2. The lowest BCUT2D eigenvalue weighted by molar-refractivity contribution is -0.384. The molecule has 0 aliphatic heterocycles. The normalized spacial score (nSPS) is 13.5. The van der Waals surface area contributed by atoms with Crippen molar-refractivity contribution in [3.8, 4) is 5.69 Å². The second-order valence-electron chi connectivity index (χ2n) is 4.44. The van der Waals surface area contributed by atoms with Gasteiger partial charge in [-0.1, -0.05) is 6.07 Å². The van der Waals surface area contributed by atoms with Gasteiger partial charge in [-0.25, -0.2) is 9.07 Å². The van der Waals surface area contributed by atoms with Crippen LogP contribution in [0.2, 0.25) is 0 Å². The van der Waals surface area contributed by atoms with Crippen LogP contribution in [0.5, 0.6) is 0 Å². The molecule has 2 N–H and O–H groups in total. The highest BCUT2D eigenvalue weighted by molar-refractivity contribution is 5.57. The molecular formula is C12H11FN4O2. The van der Waals surface area contributed by atoms with E-state index in [0.717, 1.165) is 24.1 Å². The van der Waals surface area contributed by atoms with Crippen LogP contribution in [-0.2, 0) is 12.8 Å². The number of nitrogens with zero attached hydrogens (tertiary/aromatic N) is 3. The third-order valence-electron chi connectivity index (χ3n) is 3.34. The SMILES string of the molecule is Nc1nn(-c2c(F)cccc2[N+](=O)[O-])c2c1CCC2. The molecule has 3 rings (SSSR count). The Bertz CT molecular complexity index is 681. The smallest absolute Gasteiger partial charge is 0.297 e. The molecule has 1 aliphatic carbocycles. The van der Waals surface area contributed by atoms with Gasteiger partial charge < -0.3 is 5.73 Å². The Balaban J connectivity index is 2.29. The Morgan fingerprint density at radius 2 is 2.21 bits per heavy atom. The number of nitrogen functional groups attached to an aromatic ring is 1. The van der Waals surface area contributed by atoms with Crippen molar-refractivity contribution in [1.82, 2.24) is 9.78 Å². The first-order valence-corrected chi connectivity index (χ1v) is 5.89. The van der Waals surface area contributed by atoms with Crippen LogP contribution in [-0.4, -0.2) is 14.7 Å². The molecule has 7 heteroatoms. The van der Waals surface area contributed by atoms with Gasteiger partial charge in [0.15, 0.2) is 11.5 Å². The maximum atomic E-state index is 14.0. The van der Waals surface area contributed by atoms with Crippen LogP contribution in [0.1, 0.15) is 17.7 Å². The predicted octanol–water partition coefficient (Wildman–Crippen LogP) is 1.99. The van der Waals surface area contributed by atoms with Crippen LogP contribution < -0.4 is 5.73 Å². The molecule has 6 nitrogen and oxygen atoms in total. The Morgan fingerprint density at radius 3 is 2.95 bits per heavy atom. The molecule has 0 amide bonds. The van der Waals surface area contributed by atoms with Gasteiger partial charge in [-0.2, -0.15) is 0 Å². The third-order valence-corrected chi connectivity index (χ3v) is 3.34. The van der Waals surface area contributed by atoms with Crippen LogP contribution in [0, 0.1) is 15.9 Å². The average Bonchev–Trinajstić information content (AvgIpc) is 2.94. The molecule has 98 valence electrons. The number of nitrogens with two attached hydrogens (primary N) is 1. The second kappa shape index (κ2) is 4.04. The number of para-hydroxylation sites is 1. The molecule has 0 saturated carbocycles. The summed E-state index contributed by atoms with van der Waals surface area (Å²) in [5, 5.41) is 15.1. The highest BCUT2D eigenvalue weighted by atomic mass is 19.1. The van der Waals surface area contributed by atoms with E-state index in [9.17, 15) is 14.5 Å². The number of anilines is 1. The van der Waals surface area contributed by atoms with Crippen molar-refractivity contribution in [3.05, 3.63) is 45.4 Å². The van der Waals surface area contributed by atoms with E-state index in [1.54, 1.807) is 0 Å².